The fourth-order valence-electron chi connectivity index (χ4n) is 5.47. The van der Waals surface area contributed by atoms with Gasteiger partial charge >= 0.3 is 16.2 Å². The molecule has 0 saturated heterocycles. The van der Waals surface area contributed by atoms with Crippen LogP contribution in [0.15, 0.2) is 84.9 Å². The number of benzene rings is 4. The summed E-state index contributed by atoms with van der Waals surface area (Å²) >= 11 is 0. The average Bonchev–Trinajstić information content (AvgIpc) is 3.08. The van der Waals surface area contributed by atoms with E-state index >= 15 is 0 Å². The average molecular weight is 742 g/mol. The molecule has 4 amide bonds. The van der Waals surface area contributed by atoms with E-state index in [9.17, 15) is 40.4 Å². The lowest BCUT2D eigenvalue weighted by molar-refractivity contribution is -0.120. The SMILES string of the molecule is CCc1ccc(N(C)C(=O)[C@H](Cc2cc(F)cc(F)c2)NC(=O)NS(=O)(=O)N[C@@H](Cc2cc(F)cc(F)c2)C(=O)N(C)c2ccc(CC)cc2)cc1. The summed E-state index contributed by atoms with van der Waals surface area (Å²) in [6, 6.07) is 14.2. The molecule has 0 heterocycles. The molecule has 0 unspecified atom stereocenters. The van der Waals surface area contributed by atoms with Crippen LogP contribution < -0.4 is 24.6 Å². The van der Waals surface area contributed by atoms with Crippen LogP contribution in [0.3, 0.4) is 0 Å². The van der Waals surface area contributed by atoms with E-state index in [1.54, 1.807) is 53.3 Å². The van der Waals surface area contributed by atoms with Gasteiger partial charge in [-0.2, -0.15) is 13.1 Å². The molecule has 0 aliphatic rings. The fourth-order valence-corrected chi connectivity index (χ4v) is 6.39. The van der Waals surface area contributed by atoms with Crippen LogP contribution in [0.1, 0.15) is 36.1 Å². The predicted molar refractivity (Wildman–Crippen MR) is 190 cm³/mol. The molecule has 0 aliphatic carbocycles. The highest BCUT2D eigenvalue weighted by Gasteiger charge is 2.31. The first-order valence-electron chi connectivity index (χ1n) is 16.3. The monoisotopic (exact) mass is 741 g/mol. The van der Waals surface area contributed by atoms with Crippen LogP contribution in [0.4, 0.5) is 33.7 Å². The zero-order valence-corrected chi connectivity index (χ0v) is 29.7. The molecule has 0 radical (unpaired) electrons. The lowest BCUT2D eigenvalue weighted by Crippen LogP contribution is -2.57. The van der Waals surface area contributed by atoms with Crippen molar-refractivity contribution < 1.29 is 40.4 Å². The molecule has 52 heavy (non-hydrogen) atoms. The van der Waals surface area contributed by atoms with Gasteiger partial charge in [-0.05, 0) is 90.0 Å². The molecule has 4 aromatic carbocycles. The van der Waals surface area contributed by atoms with Gasteiger partial charge in [0.05, 0.1) is 0 Å². The third kappa shape index (κ3) is 10.9. The molecule has 4 rings (SSSR count). The second kappa shape index (κ2) is 17.3. The zero-order chi connectivity index (χ0) is 38.2. The Morgan fingerprint density at radius 2 is 0.962 bits per heavy atom. The minimum absolute atomic E-state index is 0.00476. The number of nitrogens with zero attached hydrogens (tertiary/aromatic N) is 2. The first-order chi connectivity index (χ1) is 24.6. The van der Waals surface area contributed by atoms with Crippen LogP contribution in [0.5, 0.6) is 0 Å². The Kier molecular flexibility index (Phi) is 13.1. The highest BCUT2D eigenvalue weighted by molar-refractivity contribution is 7.88. The van der Waals surface area contributed by atoms with E-state index in [1.807, 2.05) is 13.8 Å². The van der Waals surface area contributed by atoms with E-state index in [-0.39, 0.29) is 11.1 Å². The molecule has 0 fully saturated rings. The number of hydrogen-bond donors (Lipinski definition) is 3. The van der Waals surface area contributed by atoms with Gasteiger partial charge in [-0.1, -0.05) is 38.1 Å². The van der Waals surface area contributed by atoms with Gasteiger partial charge in [0.15, 0.2) is 0 Å². The van der Waals surface area contributed by atoms with Crippen LogP contribution in [0, 0.1) is 23.3 Å². The summed E-state index contributed by atoms with van der Waals surface area (Å²) < 4.78 is 86.7. The van der Waals surface area contributed by atoms with Crippen molar-refractivity contribution in [1.29, 1.82) is 0 Å². The molecule has 3 N–H and O–H groups in total. The van der Waals surface area contributed by atoms with Crippen molar-refractivity contribution in [2.24, 2.45) is 0 Å². The molecular weight excluding hydrogens is 702 g/mol. The second-order valence-corrected chi connectivity index (χ2v) is 13.5. The van der Waals surface area contributed by atoms with Crippen molar-refractivity contribution in [3.8, 4) is 0 Å². The Morgan fingerprint density at radius 3 is 1.35 bits per heavy atom. The normalized spacial score (nSPS) is 12.5. The van der Waals surface area contributed by atoms with Crippen molar-refractivity contribution in [3.63, 3.8) is 0 Å². The van der Waals surface area contributed by atoms with Gasteiger partial charge in [0.1, 0.15) is 35.4 Å². The standard InChI is InChI=1S/C37H39F4N5O5S/c1-5-23-7-11-31(12-8-23)45(3)35(47)33(19-25-15-27(38)21-28(39)16-25)42-37(49)44-52(50,51)43-34(20-26-17-29(40)22-30(41)18-26)36(48)46(4)32-13-9-24(6-2)10-14-32/h7-18,21-22,33-34,43H,5-6,19-20H2,1-4H3,(H2,42,44,49)/t33-,34-/m0/s1. The van der Waals surface area contributed by atoms with E-state index in [0.717, 1.165) is 53.1 Å². The Labute approximate surface area is 300 Å². The third-order valence-electron chi connectivity index (χ3n) is 8.28. The van der Waals surface area contributed by atoms with Crippen molar-refractivity contribution in [3.05, 3.63) is 130 Å². The number of urea groups is 1. The van der Waals surface area contributed by atoms with Crippen LogP contribution in [0.2, 0.25) is 0 Å². The van der Waals surface area contributed by atoms with E-state index < -0.39 is 76.2 Å². The quantitative estimate of drug-likeness (QED) is 0.150. The number of carbonyl (C=O) groups excluding carboxylic acids is 3. The highest BCUT2D eigenvalue weighted by atomic mass is 32.2. The van der Waals surface area contributed by atoms with Crippen LogP contribution >= 0.6 is 0 Å². The Hall–Kier alpha value is -5.28. The molecule has 0 bridgehead atoms. The van der Waals surface area contributed by atoms with Crippen molar-refractivity contribution >= 4 is 39.4 Å². The van der Waals surface area contributed by atoms with Gasteiger partial charge in [0.25, 0.3) is 0 Å². The number of aryl methyl sites for hydroxylation is 2. The number of likely N-dealkylation sites (N-methyl/N-ethyl adjacent to an activating group) is 2. The van der Waals surface area contributed by atoms with Crippen molar-refractivity contribution in [1.82, 2.24) is 14.8 Å². The van der Waals surface area contributed by atoms with Gasteiger partial charge in [0.2, 0.25) is 11.8 Å². The molecule has 0 spiro atoms. The summed E-state index contributed by atoms with van der Waals surface area (Å²) in [7, 11) is -2.12. The fraction of sp³-hybridized carbons (Fsp3) is 0.270. The van der Waals surface area contributed by atoms with Crippen LogP contribution in [-0.4, -0.2) is 52.4 Å². The number of carbonyl (C=O) groups is 3. The molecule has 276 valence electrons. The van der Waals surface area contributed by atoms with Gasteiger partial charge < -0.3 is 15.1 Å². The summed E-state index contributed by atoms with van der Waals surface area (Å²) in [6.07, 6.45) is 0.526. The molecule has 0 saturated carbocycles. The molecule has 15 heteroatoms. The maximum atomic E-state index is 14.1. The first-order valence-corrected chi connectivity index (χ1v) is 17.8. The number of anilines is 2. The number of amides is 4. The molecule has 10 nitrogen and oxygen atoms in total. The topological polar surface area (TPSA) is 128 Å². The Bertz CT molecular complexity index is 1970. The summed E-state index contributed by atoms with van der Waals surface area (Å²) in [5, 5.41) is 2.26. The number of hydrogen-bond acceptors (Lipinski definition) is 5. The first kappa shape index (κ1) is 39.5. The predicted octanol–water partition coefficient (Wildman–Crippen LogP) is 5.35. The Morgan fingerprint density at radius 1 is 0.596 bits per heavy atom. The van der Waals surface area contributed by atoms with E-state index in [4.69, 9.17) is 0 Å². The van der Waals surface area contributed by atoms with Gasteiger partial charge in [-0.15, -0.1) is 0 Å². The number of halogens is 4. The molecule has 0 aliphatic heterocycles. The van der Waals surface area contributed by atoms with E-state index in [2.05, 4.69) is 10.0 Å². The highest BCUT2D eigenvalue weighted by Crippen LogP contribution is 2.19. The lowest BCUT2D eigenvalue weighted by atomic mass is 10.0. The smallest absolute Gasteiger partial charge is 0.325 e. The van der Waals surface area contributed by atoms with Crippen LogP contribution in [-0.2, 0) is 45.5 Å². The second-order valence-electron chi connectivity index (χ2n) is 12.1. The molecule has 4 aromatic rings. The van der Waals surface area contributed by atoms with E-state index in [1.165, 1.54) is 19.0 Å². The van der Waals surface area contributed by atoms with Crippen LogP contribution in [0.25, 0.3) is 0 Å². The molecule has 2 atom stereocenters. The maximum Gasteiger partial charge on any atom is 0.330 e. The van der Waals surface area contributed by atoms with Gasteiger partial charge in [0, 0.05) is 44.0 Å². The lowest BCUT2D eigenvalue weighted by Gasteiger charge is -2.26. The molecular formula is C37H39F4N5O5S. The summed E-state index contributed by atoms with van der Waals surface area (Å²) in [5.41, 5.74) is 2.73. The number of rotatable bonds is 14. The maximum absolute atomic E-state index is 14.1. The zero-order valence-electron chi connectivity index (χ0n) is 28.9. The minimum Gasteiger partial charge on any atom is -0.325 e. The van der Waals surface area contributed by atoms with Gasteiger partial charge in [-0.3, -0.25) is 9.59 Å². The Balaban J connectivity index is 1.58. The summed E-state index contributed by atoms with van der Waals surface area (Å²) in [5.74, 6) is -5.33. The number of nitrogens with one attached hydrogen (secondary N) is 3. The van der Waals surface area contributed by atoms with Crippen molar-refractivity contribution in [2.75, 3.05) is 23.9 Å². The largest absolute Gasteiger partial charge is 0.330 e. The summed E-state index contributed by atoms with van der Waals surface area (Å²) in [6.45, 7) is 3.89. The van der Waals surface area contributed by atoms with E-state index in [0.29, 0.717) is 23.5 Å². The molecule has 0 aromatic heterocycles. The summed E-state index contributed by atoms with van der Waals surface area (Å²) in [4.78, 5) is 42.9. The van der Waals surface area contributed by atoms with Crippen molar-refractivity contribution in [2.45, 2.75) is 51.6 Å². The third-order valence-corrected chi connectivity index (χ3v) is 9.32. The minimum atomic E-state index is -4.92. The van der Waals surface area contributed by atoms with Gasteiger partial charge in [-0.25, -0.2) is 27.1 Å².